The van der Waals surface area contributed by atoms with Gasteiger partial charge in [0.1, 0.15) is 11.6 Å². The monoisotopic (exact) mass is 300 g/mol. The van der Waals surface area contributed by atoms with Gasteiger partial charge in [-0.05, 0) is 31.0 Å². The molecule has 1 aromatic carbocycles. The van der Waals surface area contributed by atoms with Gasteiger partial charge in [0.25, 0.3) is 0 Å². The number of carbonyl (C=O) groups is 1. The van der Waals surface area contributed by atoms with Crippen LogP contribution in [0.3, 0.4) is 0 Å². The van der Waals surface area contributed by atoms with E-state index in [9.17, 15) is 9.18 Å². The third-order valence-electron chi connectivity index (χ3n) is 3.17. The van der Waals surface area contributed by atoms with Crippen LogP contribution in [0.25, 0.3) is 0 Å². The van der Waals surface area contributed by atoms with Gasteiger partial charge in [-0.3, -0.25) is 4.79 Å². The summed E-state index contributed by atoms with van der Waals surface area (Å²) in [6, 6.07) is 4.41. The van der Waals surface area contributed by atoms with Gasteiger partial charge in [0.2, 0.25) is 0 Å². The predicted molar refractivity (Wildman–Crippen MR) is 66.3 cm³/mol. The molecule has 92 valence electrons. The second-order valence-corrected chi connectivity index (χ2v) is 5.20. The van der Waals surface area contributed by atoms with Gasteiger partial charge in [-0.2, -0.15) is 0 Å². The van der Waals surface area contributed by atoms with Crippen LogP contribution in [0.15, 0.2) is 22.7 Å². The van der Waals surface area contributed by atoms with Crippen LogP contribution in [-0.2, 0) is 16.0 Å². The third-order valence-corrected chi connectivity index (χ3v) is 3.91. The summed E-state index contributed by atoms with van der Waals surface area (Å²) in [6.07, 6.45) is 1.12. The maximum atomic E-state index is 12.9. The summed E-state index contributed by atoms with van der Waals surface area (Å²) < 4.78 is 18.9. The Balaban J connectivity index is 2.07. The van der Waals surface area contributed by atoms with Gasteiger partial charge >= 0.3 is 0 Å². The molecule has 0 bridgehead atoms. The number of carbonyl (C=O) groups excluding carboxylic acids is 1. The number of benzene rings is 1. The number of ether oxygens (including phenoxy) is 1. The molecule has 17 heavy (non-hydrogen) atoms. The van der Waals surface area contributed by atoms with Crippen LogP contribution in [0.1, 0.15) is 18.9 Å². The highest BCUT2D eigenvalue weighted by Crippen LogP contribution is 2.25. The quantitative estimate of drug-likeness (QED) is 0.857. The summed E-state index contributed by atoms with van der Waals surface area (Å²) in [4.78, 5) is 12.1. The first kappa shape index (κ1) is 12.7. The van der Waals surface area contributed by atoms with Crippen molar-refractivity contribution in [3.63, 3.8) is 0 Å². The second-order valence-electron chi connectivity index (χ2n) is 4.35. The van der Waals surface area contributed by atoms with E-state index in [1.54, 1.807) is 6.07 Å². The summed E-state index contributed by atoms with van der Waals surface area (Å²) in [5.41, 5.74) is 0.829. The lowest BCUT2D eigenvalue weighted by Crippen LogP contribution is -2.23. The fourth-order valence-corrected chi connectivity index (χ4v) is 2.63. The van der Waals surface area contributed by atoms with Crippen LogP contribution in [0.5, 0.6) is 0 Å². The highest BCUT2D eigenvalue weighted by Gasteiger charge is 2.30. The van der Waals surface area contributed by atoms with Crippen LogP contribution < -0.4 is 0 Å². The van der Waals surface area contributed by atoms with Crippen molar-refractivity contribution in [2.45, 2.75) is 25.9 Å². The van der Waals surface area contributed by atoms with E-state index in [4.69, 9.17) is 4.74 Å². The maximum absolute atomic E-state index is 12.9. The molecule has 0 radical (unpaired) electrons. The molecule has 2 rings (SSSR count). The number of rotatable bonds is 3. The van der Waals surface area contributed by atoms with Crippen LogP contribution >= 0.6 is 15.9 Å². The Labute approximate surface area is 108 Å². The number of halogens is 2. The molecule has 1 aliphatic rings. The first-order valence-corrected chi connectivity index (χ1v) is 6.45. The first-order valence-electron chi connectivity index (χ1n) is 5.66. The number of hydrogen-bond donors (Lipinski definition) is 0. The smallest absolute Gasteiger partial charge is 0.143 e. The maximum Gasteiger partial charge on any atom is 0.143 e. The molecule has 0 saturated carbocycles. The number of ketones is 1. The molecule has 1 aromatic rings. The lowest BCUT2D eigenvalue weighted by molar-refractivity contribution is -0.123. The molecule has 0 aliphatic carbocycles. The molecule has 1 heterocycles. The Hall–Kier alpha value is -0.740. The van der Waals surface area contributed by atoms with Crippen molar-refractivity contribution < 1.29 is 13.9 Å². The fourth-order valence-electron chi connectivity index (χ4n) is 2.14. The predicted octanol–water partition coefficient (Wildman–Crippen LogP) is 3.12. The molecule has 0 spiro atoms. The van der Waals surface area contributed by atoms with E-state index in [0.29, 0.717) is 17.5 Å². The van der Waals surface area contributed by atoms with E-state index in [1.807, 2.05) is 6.92 Å². The Bertz CT molecular complexity index is 433. The van der Waals surface area contributed by atoms with Crippen LogP contribution in [0.2, 0.25) is 0 Å². The highest BCUT2D eigenvalue weighted by molar-refractivity contribution is 9.10. The number of hydrogen-bond acceptors (Lipinski definition) is 2. The van der Waals surface area contributed by atoms with Crippen LogP contribution in [0, 0.1) is 11.7 Å². The summed E-state index contributed by atoms with van der Waals surface area (Å²) in [6.45, 7) is 2.58. The van der Waals surface area contributed by atoms with Gasteiger partial charge in [-0.1, -0.05) is 22.0 Å². The van der Waals surface area contributed by atoms with Crippen molar-refractivity contribution in [2.24, 2.45) is 5.92 Å². The van der Waals surface area contributed by atoms with Gasteiger partial charge in [0, 0.05) is 23.4 Å². The topological polar surface area (TPSA) is 26.3 Å². The van der Waals surface area contributed by atoms with Gasteiger partial charge in [0.15, 0.2) is 0 Å². The molecule has 2 unspecified atom stereocenters. The molecule has 0 N–H and O–H groups in total. The minimum atomic E-state index is -0.300. The SMILES string of the molecule is CC1OCCC1C(=O)Cc1ccc(F)cc1Br. The summed E-state index contributed by atoms with van der Waals surface area (Å²) in [5, 5.41) is 0. The minimum Gasteiger partial charge on any atom is -0.378 e. The standard InChI is InChI=1S/C13H14BrFO2/c1-8-11(4-5-17-8)13(16)6-9-2-3-10(15)7-12(9)14/h2-3,7-8,11H,4-6H2,1H3. The van der Waals surface area contributed by atoms with Crippen molar-refractivity contribution in [1.82, 2.24) is 0 Å². The van der Waals surface area contributed by atoms with Gasteiger partial charge in [-0.15, -0.1) is 0 Å². The molecule has 4 heteroatoms. The minimum absolute atomic E-state index is 0.00160. The molecular weight excluding hydrogens is 287 g/mol. The second kappa shape index (κ2) is 5.27. The van der Waals surface area contributed by atoms with Crippen molar-refractivity contribution >= 4 is 21.7 Å². The van der Waals surface area contributed by atoms with E-state index in [-0.39, 0.29) is 23.6 Å². The number of Topliss-reactive ketones (excluding diaryl/α,β-unsaturated/α-hetero) is 1. The zero-order valence-corrected chi connectivity index (χ0v) is 11.2. The molecule has 1 fully saturated rings. The lowest BCUT2D eigenvalue weighted by atomic mass is 9.93. The van der Waals surface area contributed by atoms with Crippen molar-refractivity contribution in [3.05, 3.63) is 34.1 Å². The summed E-state index contributed by atoms with van der Waals surface area (Å²) >= 11 is 3.28. The normalized spacial score (nSPS) is 23.9. The van der Waals surface area contributed by atoms with Crippen molar-refractivity contribution in [1.29, 1.82) is 0 Å². The largest absolute Gasteiger partial charge is 0.378 e. The molecule has 0 amide bonds. The molecule has 1 aliphatic heterocycles. The average molecular weight is 301 g/mol. The Kier molecular flexibility index (Phi) is 3.94. The summed E-state index contributed by atoms with van der Waals surface area (Å²) in [7, 11) is 0. The van der Waals surface area contributed by atoms with Gasteiger partial charge in [0.05, 0.1) is 6.10 Å². The molecule has 0 aromatic heterocycles. The fraction of sp³-hybridized carbons (Fsp3) is 0.462. The lowest BCUT2D eigenvalue weighted by Gasteiger charge is -2.13. The molecule has 1 saturated heterocycles. The molecular formula is C13H14BrFO2. The van der Waals surface area contributed by atoms with E-state index in [2.05, 4.69) is 15.9 Å². The van der Waals surface area contributed by atoms with Crippen molar-refractivity contribution in [2.75, 3.05) is 6.61 Å². The summed E-state index contributed by atoms with van der Waals surface area (Å²) in [5.74, 6) is -0.153. The van der Waals surface area contributed by atoms with Crippen LogP contribution in [0.4, 0.5) is 4.39 Å². The van der Waals surface area contributed by atoms with E-state index < -0.39 is 0 Å². The zero-order chi connectivity index (χ0) is 12.4. The van der Waals surface area contributed by atoms with Crippen LogP contribution in [-0.4, -0.2) is 18.5 Å². The Morgan fingerprint density at radius 1 is 1.59 bits per heavy atom. The highest BCUT2D eigenvalue weighted by atomic mass is 79.9. The average Bonchev–Trinajstić information content (AvgIpc) is 2.68. The van der Waals surface area contributed by atoms with Gasteiger partial charge in [-0.25, -0.2) is 4.39 Å². The van der Waals surface area contributed by atoms with E-state index >= 15 is 0 Å². The molecule has 2 nitrogen and oxygen atoms in total. The van der Waals surface area contributed by atoms with Gasteiger partial charge < -0.3 is 4.74 Å². The zero-order valence-electron chi connectivity index (χ0n) is 9.58. The Morgan fingerprint density at radius 3 is 2.94 bits per heavy atom. The van der Waals surface area contributed by atoms with Crippen molar-refractivity contribution in [3.8, 4) is 0 Å². The Morgan fingerprint density at radius 2 is 2.35 bits per heavy atom. The van der Waals surface area contributed by atoms with E-state index in [1.165, 1.54) is 12.1 Å². The molecule has 2 atom stereocenters. The third kappa shape index (κ3) is 2.93. The first-order chi connectivity index (χ1) is 8.08. The van der Waals surface area contributed by atoms with E-state index in [0.717, 1.165) is 12.0 Å².